The number of rotatable bonds is 8. The molecule has 2 aliphatic carbocycles. The van der Waals surface area contributed by atoms with Crippen LogP contribution >= 0.6 is 11.8 Å². The number of hydrogen-bond acceptors (Lipinski definition) is 6. The molecule has 1 N–H and O–H groups in total. The van der Waals surface area contributed by atoms with Gasteiger partial charge in [-0.2, -0.15) is 0 Å². The molecule has 160 valence electrons. The molecule has 8 heteroatoms. The van der Waals surface area contributed by atoms with E-state index in [1.54, 1.807) is 0 Å². The van der Waals surface area contributed by atoms with Crippen LogP contribution in [0.1, 0.15) is 68.9 Å². The average molecular weight is 429 g/mol. The van der Waals surface area contributed by atoms with Crippen molar-refractivity contribution in [1.82, 2.24) is 20.1 Å². The van der Waals surface area contributed by atoms with Crippen molar-refractivity contribution in [2.75, 3.05) is 19.0 Å². The molecule has 0 unspecified atom stereocenters. The van der Waals surface area contributed by atoms with Gasteiger partial charge in [-0.15, -0.1) is 10.2 Å². The maximum absolute atomic E-state index is 12.8. The number of fused-ring (bicyclic) bond motifs is 1. The number of nitrogens with one attached hydrogen (secondary N) is 1. The van der Waals surface area contributed by atoms with E-state index < -0.39 is 0 Å². The van der Waals surface area contributed by atoms with Gasteiger partial charge >= 0.3 is 0 Å². The van der Waals surface area contributed by atoms with Gasteiger partial charge in [0.2, 0.25) is 5.91 Å². The van der Waals surface area contributed by atoms with Crippen LogP contribution in [0.15, 0.2) is 23.4 Å². The molecule has 0 bridgehead atoms. The smallest absolute Gasteiger partial charge is 0.230 e. The molecule has 1 aromatic heterocycles. The minimum absolute atomic E-state index is 0.00640. The number of hydrogen-bond donors (Lipinski definition) is 1. The molecule has 2 saturated carbocycles. The third kappa shape index (κ3) is 4.15. The Bertz CT molecular complexity index is 936. The second-order valence-corrected chi connectivity index (χ2v) is 9.64. The number of amides is 1. The van der Waals surface area contributed by atoms with E-state index in [4.69, 9.17) is 9.47 Å². The van der Waals surface area contributed by atoms with Crippen LogP contribution in [0, 0.1) is 5.92 Å². The number of thioether (sulfide) groups is 1. The Morgan fingerprint density at radius 2 is 1.93 bits per heavy atom. The summed E-state index contributed by atoms with van der Waals surface area (Å²) in [5.74, 6) is 3.80. The predicted octanol–water partition coefficient (Wildman–Crippen LogP) is 3.87. The summed E-state index contributed by atoms with van der Waals surface area (Å²) in [6.45, 7) is 5.35. The fourth-order valence-corrected chi connectivity index (χ4v) is 4.74. The first-order chi connectivity index (χ1) is 14.6. The predicted molar refractivity (Wildman–Crippen MR) is 114 cm³/mol. The van der Waals surface area contributed by atoms with E-state index in [1.807, 2.05) is 18.2 Å². The number of aromatic nitrogens is 3. The Balaban J connectivity index is 1.25. The first kappa shape index (κ1) is 19.7. The van der Waals surface area contributed by atoms with Crippen molar-refractivity contribution in [3.05, 3.63) is 29.6 Å². The first-order valence-electron chi connectivity index (χ1n) is 10.9. The average Bonchev–Trinajstić information content (AvgIpc) is 3.68. The minimum Gasteiger partial charge on any atom is -0.486 e. The van der Waals surface area contributed by atoms with Crippen LogP contribution in [0.4, 0.5) is 0 Å². The van der Waals surface area contributed by atoms with Crippen molar-refractivity contribution in [2.24, 2.45) is 5.92 Å². The van der Waals surface area contributed by atoms with Gasteiger partial charge in [0.1, 0.15) is 19.0 Å². The number of carbonyl (C=O) groups excluding carboxylic acids is 1. The lowest BCUT2D eigenvalue weighted by molar-refractivity contribution is -0.119. The third-order valence-corrected chi connectivity index (χ3v) is 6.73. The zero-order valence-electron chi connectivity index (χ0n) is 17.5. The standard InChI is InChI=1S/C22H28N4O3S/c1-13(2)20(15-5-8-17-18(11-15)29-10-9-28-17)23-19(27)12-30-22-25-24-21(14-3-4-14)26(22)16-6-7-16/h5,8,11,13-14,16,20H,3-4,6-7,9-10,12H2,1-2H3,(H,23,27)/t20-/m1/s1. The van der Waals surface area contributed by atoms with Gasteiger partial charge in [0.15, 0.2) is 16.7 Å². The molecule has 3 aliphatic rings. The van der Waals surface area contributed by atoms with Gasteiger partial charge in [0, 0.05) is 12.0 Å². The van der Waals surface area contributed by atoms with Crippen molar-refractivity contribution >= 4 is 17.7 Å². The Labute approximate surface area is 180 Å². The maximum Gasteiger partial charge on any atom is 0.230 e. The lowest BCUT2D eigenvalue weighted by Gasteiger charge is -2.25. The maximum atomic E-state index is 12.8. The Kier molecular flexibility index (Phi) is 5.35. The van der Waals surface area contributed by atoms with Crippen LogP contribution in [0.2, 0.25) is 0 Å². The topological polar surface area (TPSA) is 78.3 Å². The van der Waals surface area contributed by atoms with Crippen LogP contribution in [-0.2, 0) is 4.79 Å². The van der Waals surface area contributed by atoms with Gasteiger partial charge in [-0.3, -0.25) is 4.79 Å². The molecule has 2 heterocycles. The van der Waals surface area contributed by atoms with Gasteiger partial charge in [0.25, 0.3) is 0 Å². The van der Waals surface area contributed by atoms with E-state index in [0.717, 1.165) is 28.0 Å². The van der Waals surface area contributed by atoms with E-state index in [1.165, 1.54) is 37.4 Å². The Morgan fingerprint density at radius 3 is 2.63 bits per heavy atom. The molecule has 0 saturated heterocycles. The molecule has 1 aliphatic heterocycles. The second kappa shape index (κ2) is 8.13. The van der Waals surface area contributed by atoms with E-state index in [-0.39, 0.29) is 17.9 Å². The highest BCUT2D eigenvalue weighted by Crippen LogP contribution is 2.46. The molecule has 2 aromatic rings. The largest absolute Gasteiger partial charge is 0.486 e. The summed E-state index contributed by atoms with van der Waals surface area (Å²) >= 11 is 1.49. The fraction of sp³-hybridized carbons (Fsp3) is 0.591. The molecule has 0 radical (unpaired) electrons. The van der Waals surface area contributed by atoms with E-state index >= 15 is 0 Å². The minimum atomic E-state index is -0.0859. The highest BCUT2D eigenvalue weighted by atomic mass is 32.2. The third-order valence-electron chi connectivity index (χ3n) is 5.79. The number of carbonyl (C=O) groups is 1. The summed E-state index contributed by atoms with van der Waals surface area (Å²) in [7, 11) is 0. The van der Waals surface area contributed by atoms with Gasteiger partial charge in [-0.1, -0.05) is 31.7 Å². The van der Waals surface area contributed by atoms with E-state index in [9.17, 15) is 4.79 Å². The van der Waals surface area contributed by atoms with Crippen LogP contribution in [0.5, 0.6) is 11.5 Å². The molecule has 1 atom stereocenters. The lowest BCUT2D eigenvalue weighted by atomic mass is 9.95. The van der Waals surface area contributed by atoms with Gasteiger partial charge in [-0.25, -0.2) is 0 Å². The molecule has 1 aromatic carbocycles. The first-order valence-corrected chi connectivity index (χ1v) is 11.8. The zero-order valence-corrected chi connectivity index (χ0v) is 18.3. The zero-order chi connectivity index (χ0) is 20.7. The summed E-state index contributed by atoms with van der Waals surface area (Å²) in [6.07, 6.45) is 4.80. The summed E-state index contributed by atoms with van der Waals surface area (Å²) < 4.78 is 13.6. The Hall–Kier alpha value is -2.22. The van der Waals surface area contributed by atoms with Crippen molar-refractivity contribution in [1.29, 1.82) is 0 Å². The lowest BCUT2D eigenvalue weighted by Crippen LogP contribution is -2.33. The molecular formula is C22H28N4O3S. The number of nitrogens with zero attached hydrogens (tertiary/aromatic N) is 3. The van der Waals surface area contributed by atoms with E-state index in [2.05, 4.69) is 33.9 Å². The Morgan fingerprint density at radius 1 is 1.17 bits per heavy atom. The number of ether oxygens (including phenoxy) is 2. The monoisotopic (exact) mass is 428 g/mol. The van der Waals surface area contributed by atoms with Crippen LogP contribution < -0.4 is 14.8 Å². The quantitative estimate of drug-likeness (QED) is 0.643. The van der Waals surface area contributed by atoms with Crippen LogP contribution in [0.3, 0.4) is 0 Å². The van der Waals surface area contributed by atoms with Gasteiger partial charge in [0.05, 0.1) is 11.8 Å². The van der Waals surface area contributed by atoms with Crippen molar-refractivity contribution < 1.29 is 14.3 Å². The fourth-order valence-electron chi connectivity index (χ4n) is 3.92. The highest BCUT2D eigenvalue weighted by molar-refractivity contribution is 7.99. The summed E-state index contributed by atoms with van der Waals surface area (Å²) in [4.78, 5) is 12.8. The molecular weight excluding hydrogens is 400 g/mol. The molecule has 5 rings (SSSR count). The molecule has 1 amide bonds. The van der Waals surface area contributed by atoms with Gasteiger partial charge < -0.3 is 19.4 Å². The normalized spacial score (nSPS) is 19.0. The molecule has 30 heavy (non-hydrogen) atoms. The highest BCUT2D eigenvalue weighted by Gasteiger charge is 2.36. The molecule has 2 fully saturated rings. The summed E-state index contributed by atoms with van der Waals surface area (Å²) in [5, 5.41) is 12.9. The van der Waals surface area contributed by atoms with Crippen molar-refractivity contribution in [2.45, 2.75) is 62.7 Å². The number of benzene rings is 1. The van der Waals surface area contributed by atoms with Crippen molar-refractivity contribution in [3.63, 3.8) is 0 Å². The summed E-state index contributed by atoms with van der Waals surface area (Å²) in [6, 6.07) is 6.37. The van der Waals surface area contributed by atoms with Crippen LogP contribution in [0.25, 0.3) is 0 Å². The molecule has 7 nitrogen and oxygen atoms in total. The molecule has 0 spiro atoms. The van der Waals surface area contributed by atoms with Crippen molar-refractivity contribution in [3.8, 4) is 11.5 Å². The summed E-state index contributed by atoms with van der Waals surface area (Å²) in [5.41, 5.74) is 1.03. The second-order valence-electron chi connectivity index (χ2n) is 8.70. The van der Waals surface area contributed by atoms with E-state index in [0.29, 0.717) is 30.9 Å². The van der Waals surface area contributed by atoms with Crippen LogP contribution in [-0.4, -0.2) is 39.6 Å². The SMILES string of the molecule is CC(C)[C@@H](NC(=O)CSc1nnc(C2CC2)n1C1CC1)c1ccc2c(c1)OCCO2. The van der Waals surface area contributed by atoms with Gasteiger partial charge in [-0.05, 0) is 49.3 Å².